The number of aromatic nitrogens is 1. The number of rotatable bonds is 1. The molecule has 0 saturated heterocycles. The summed E-state index contributed by atoms with van der Waals surface area (Å²) in [7, 11) is 0. The Morgan fingerprint density at radius 1 is 1.27 bits per heavy atom. The third kappa shape index (κ3) is 2.06. The van der Waals surface area contributed by atoms with E-state index in [2.05, 4.69) is 4.98 Å². The van der Waals surface area contributed by atoms with Crippen molar-refractivity contribution in [1.82, 2.24) is 4.98 Å². The van der Waals surface area contributed by atoms with Gasteiger partial charge in [0.2, 0.25) is 0 Å². The van der Waals surface area contributed by atoms with Gasteiger partial charge in [-0.15, -0.1) is 0 Å². The first-order valence-electron chi connectivity index (χ1n) is 3.66. The molecular formula is C8H5F3N2O2. The Labute approximate surface area is 82.2 Å². The van der Waals surface area contributed by atoms with E-state index in [1.807, 2.05) is 0 Å². The molecule has 0 radical (unpaired) electrons. The van der Waals surface area contributed by atoms with E-state index in [9.17, 15) is 13.2 Å². The van der Waals surface area contributed by atoms with Crippen LogP contribution in [-0.4, -0.2) is 21.4 Å². The van der Waals surface area contributed by atoms with Crippen molar-refractivity contribution in [1.29, 1.82) is 5.26 Å². The molecule has 15 heavy (non-hydrogen) atoms. The van der Waals surface area contributed by atoms with Gasteiger partial charge in [-0.25, -0.2) is 0 Å². The molecule has 4 nitrogen and oxygen atoms in total. The monoisotopic (exact) mass is 218 g/mol. The SMILES string of the molecule is N#Cc1cncc(C(O)(O)C(F)(F)F)c1. The average molecular weight is 218 g/mol. The van der Waals surface area contributed by atoms with Crippen molar-refractivity contribution in [2.45, 2.75) is 12.0 Å². The lowest BCUT2D eigenvalue weighted by molar-refractivity contribution is -0.358. The number of hydrogen-bond acceptors (Lipinski definition) is 4. The summed E-state index contributed by atoms with van der Waals surface area (Å²) in [6, 6.07) is 2.25. The van der Waals surface area contributed by atoms with Gasteiger partial charge in [0.25, 0.3) is 5.79 Å². The number of nitrogens with zero attached hydrogens (tertiary/aromatic N) is 2. The zero-order valence-corrected chi connectivity index (χ0v) is 7.15. The molecule has 0 atom stereocenters. The Balaban J connectivity index is 3.23. The molecule has 0 fully saturated rings. The molecule has 0 unspecified atom stereocenters. The van der Waals surface area contributed by atoms with Gasteiger partial charge in [0.1, 0.15) is 6.07 Å². The van der Waals surface area contributed by atoms with Crippen LogP contribution in [0.15, 0.2) is 18.5 Å². The van der Waals surface area contributed by atoms with Crippen molar-refractivity contribution < 1.29 is 23.4 Å². The predicted octanol–water partition coefficient (Wildman–Crippen LogP) is 0.653. The van der Waals surface area contributed by atoms with Gasteiger partial charge in [0.15, 0.2) is 0 Å². The van der Waals surface area contributed by atoms with Crippen molar-refractivity contribution in [3.63, 3.8) is 0 Å². The van der Waals surface area contributed by atoms with E-state index in [1.54, 1.807) is 0 Å². The van der Waals surface area contributed by atoms with E-state index >= 15 is 0 Å². The van der Waals surface area contributed by atoms with Gasteiger partial charge in [-0.2, -0.15) is 18.4 Å². The van der Waals surface area contributed by atoms with Crippen molar-refractivity contribution in [3.05, 3.63) is 29.6 Å². The van der Waals surface area contributed by atoms with Gasteiger partial charge in [-0.1, -0.05) is 0 Å². The normalized spacial score (nSPS) is 12.3. The van der Waals surface area contributed by atoms with Gasteiger partial charge in [0.05, 0.1) is 5.56 Å². The minimum Gasteiger partial charge on any atom is -0.355 e. The summed E-state index contributed by atoms with van der Waals surface area (Å²) in [5.74, 6) is -3.99. The van der Waals surface area contributed by atoms with E-state index in [-0.39, 0.29) is 5.56 Å². The van der Waals surface area contributed by atoms with Crippen LogP contribution < -0.4 is 0 Å². The second kappa shape index (κ2) is 3.49. The minimum atomic E-state index is -5.25. The van der Waals surface area contributed by atoms with Crippen LogP contribution in [0.25, 0.3) is 0 Å². The van der Waals surface area contributed by atoms with Crippen LogP contribution in [0.3, 0.4) is 0 Å². The summed E-state index contributed by atoms with van der Waals surface area (Å²) in [5, 5.41) is 26.0. The molecule has 1 heterocycles. The molecule has 1 aromatic heterocycles. The fourth-order valence-corrected chi connectivity index (χ4v) is 0.855. The number of pyridine rings is 1. The zero-order valence-electron chi connectivity index (χ0n) is 7.15. The van der Waals surface area contributed by atoms with Gasteiger partial charge in [0, 0.05) is 18.0 Å². The number of nitriles is 1. The highest BCUT2D eigenvalue weighted by Gasteiger charge is 2.54. The molecule has 0 amide bonds. The molecule has 0 aliphatic rings. The standard InChI is InChI=1S/C8H5F3N2O2/c9-8(10,11)7(14,15)6-1-5(2-12)3-13-4-6/h1,3-4,14-15H. The Morgan fingerprint density at radius 3 is 2.33 bits per heavy atom. The molecule has 0 saturated carbocycles. The number of halogens is 3. The lowest BCUT2D eigenvalue weighted by atomic mass is 10.1. The minimum absolute atomic E-state index is 0.191. The van der Waals surface area contributed by atoms with Crippen molar-refractivity contribution in [2.75, 3.05) is 0 Å². The summed E-state index contributed by atoms with van der Waals surface area (Å²) >= 11 is 0. The third-order valence-electron chi connectivity index (χ3n) is 1.67. The molecular weight excluding hydrogens is 213 g/mol. The Bertz CT molecular complexity index is 409. The topological polar surface area (TPSA) is 77.1 Å². The highest BCUT2D eigenvalue weighted by Crippen LogP contribution is 2.36. The van der Waals surface area contributed by atoms with Crippen molar-refractivity contribution >= 4 is 0 Å². The van der Waals surface area contributed by atoms with E-state index in [4.69, 9.17) is 15.5 Å². The predicted molar refractivity (Wildman–Crippen MR) is 41.1 cm³/mol. The Hall–Kier alpha value is -1.65. The fraction of sp³-hybridized carbons (Fsp3) is 0.250. The summed E-state index contributed by atoms with van der Waals surface area (Å²) in [5.41, 5.74) is -1.08. The highest BCUT2D eigenvalue weighted by atomic mass is 19.4. The first kappa shape index (κ1) is 11.4. The van der Waals surface area contributed by atoms with E-state index < -0.39 is 17.5 Å². The Kier molecular flexibility index (Phi) is 2.66. The second-order valence-electron chi connectivity index (χ2n) is 2.74. The third-order valence-corrected chi connectivity index (χ3v) is 1.67. The lowest BCUT2D eigenvalue weighted by Gasteiger charge is -2.24. The van der Waals surface area contributed by atoms with Crippen LogP contribution in [0.4, 0.5) is 13.2 Å². The number of hydrogen-bond donors (Lipinski definition) is 2. The van der Waals surface area contributed by atoms with Crippen LogP contribution in [0.2, 0.25) is 0 Å². The zero-order chi connectivity index (χ0) is 11.7. The number of alkyl halides is 3. The molecule has 1 aromatic rings. The van der Waals surface area contributed by atoms with Crippen LogP contribution in [0, 0.1) is 11.3 Å². The maximum absolute atomic E-state index is 12.1. The van der Waals surface area contributed by atoms with Crippen molar-refractivity contribution in [2.24, 2.45) is 0 Å². The lowest BCUT2D eigenvalue weighted by Crippen LogP contribution is -2.42. The Morgan fingerprint density at radius 2 is 1.87 bits per heavy atom. The first-order valence-corrected chi connectivity index (χ1v) is 3.66. The smallest absolute Gasteiger partial charge is 0.355 e. The quantitative estimate of drug-likeness (QED) is 0.678. The summed E-state index contributed by atoms with van der Waals surface area (Å²) < 4.78 is 36.4. The molecule has 7 heteroatoms. The van der Waals surface area contributed by atoms with Gasteiger partial charge >= 0.3 is 6.18 Å². The van der Waals surface area contributed by atoms with Crippen LogP contribution in [0.1, 0.15) is 11.1 Å². The maximum Gasteiger partial charge on any atom is 0.447 e. The summed E-state index contributed by atoms with van der Waals surface area (Å²) in [4.78, 5) is 3.29. The molecule has 0 aliphatic heterocycles. The molecule has 0 bridgehead atoms. The average Bonchev–Trinajstić information content (AvgIpc) is 2.16. The van der Waals surface area contributed by atoms with Crippen LogP contribution >= 0.6 is 0 Å². The molecule has 0 spiro atoms. The molecule has 1 rings (SSSR count). The number of aliphatic hydroxyl groups is 2. The molecule has 0 aliphatic carbocycles. The summed E-state index contributed by atoms with van der Waals surface area (Å²) in [6.07, 6.45) is -3.60. The highest BCUT2D eigenvalue weighted by molar-refractivity contribution is 5.31. The molecule has 0 aromatic carbocycles. The van der Waals surface area contributed by atoms with E-state index in [0.717, 1.165) is 6.20 Å². The maximum atomic E-state index is 12.1. The first-order chi connectivity index (χ1) is 6.79. The van der Waals surface area contributed by atoms with Gasteiger partial charge in [-0.3, -0.25) is 4.98 Å². The molecule has 80 valence electrons. The van der Waals surface area contributed by atoms with Gasteiger partial charge < -0.3 is 10.2 Å². The second-order valence-corrected chi connectivity index (χ2v) is 2.74. The fourth-order valence-electron chi connectivity index (χ4n) is 0.855. The van der Waals surface area contributed by atoms with Crippen molar-refractivity contribution in [3.8, 4) is 6.07 Å². The van der Waals surface area contributed by atoms with Crippen LogP contribution in [0.5, 0.6) is 0 Å². The van der Waals surface area contributed by atoms with E-state index in [1.165, 1.54) is 6.07 Å². The molecule has 2 N–H and O–H groups in total. The van der Waals surface area contributed by atoms with E-state index in [0.29, 0.717) is 12.3 Å². The van der Waals surface area contributed by atoms with Crippen LogP contribution in [-0.2, 0) is 5.79 Å². The van der Waals surface area contributed by atoms with Gasteiger partial charge in [-0.05, 0) is 6.07 Å². The largest absolute Gasteiger partial charge is 0.447 e. The summed E-state index contributed by atoms with van der Waals surface area (Å²) in [6.45, 7) is 0.